The first-order chi connectivity index (χ1) is 9.81. The Labute approximate surface area is 141 Å². The minimum Gasteiger partial charge on any atom is -0.370 e. The Morgan fingerprint density at radius 3 is 2.90 bits per heavy atom. The van der Waals surface area contributed by atoms with Crippen molar-refractivity contribution in [3.05, 3.63) is 59.4 Å². The molecule has 0 radical (unpaired) electrons. The van der Waals surface area contributed by atoms with Crippen LogP contribution in [-0.4, -0.2) is 10.9 Å². The van der Waals surface area contributed by atoms with E-state index in [2.05, 4.69) is 33.5 Å². The van der Waals surface area contributed by atoms with Gasteiger partial charge < -0.3 is 11.1 Å². The highest BCUT2D eigenvalue weighted by molar-refractivity contribution is 14.0. The third kappa shape index (κ3) is 4.17. The smallest absolute Gasteiger partial charge is 0.193 e. The number of nitrogens with two attached hydrogens (primary N) is 1. The number of rotatable bonds is 3. The standard InChI is InChI=1S/C16H18N4.HI/c17-16(19-11-12-3-2-8-18-10-12)20-15-7-6-13-4-1-5-14(13)9-15;/h2-3,6-10H,1,4-5,11H2,(H3,17,19,20);1H. The van der Waals surface area contributed by atoms with E-state index in [1.54, 1.807) is 12.4 Å². The number of nitrogens with one attached hydrogen (secondary N) is 1. The average Bonchev–Trinajstić information content (AvgIpc) is 2.94. The molecule has 0 fully saturated rings. The Balaban J connectivity index is 0.00000161. The number of hydrogen-bond donors (Lipinski definition) is 2. The Bertz CT molecular complexity index is 625. The highest BCUT2D eigenvalue weighted by Crippen LogP contribution is 2.24. The molecule has 1 aromatic carbocycles. The molecule has 4 nitrogen and oxygen atoms in total. The van der Waals surface area contributed by atoms with Crippen LogP contribution in [0.3, 0.4) is 0 Å². The fraction of sp³-hybridized carbons (Fsp3) is 0.250. The van der Waals surface area contributed by atoms with Crippen LogP contribution in [0.2, 0.25) is 0 Å². The van der Waals surface area contributed by atoms with E-state index in [1.165, 1.54) is 24.0 Å². The lowest BCUT2D eigenvalue weighted by Crippen LogP contribution is -2.22. The van der Waals surface area contributed by atoms with Crippen molar-refractivity contribution in [1.29, 1.82) is 0 Å². The van der Waals surface area contributed by atoms with Crippen LogP contribution in [0, 0.1) is 0 Å². The summed E-state index contributed by atoms with van der Waals surface area (Å²) in [6.07, 6.45) is 7.16. The molecule has 110 valence electrons. The number of halogens is 1. The molecule has 0 aliphatic heterocycles. The first kappa shape index (κ1) is 15.8. The van der Waals surface area contributed by atoms with Gasteiger partial charge in [0.1, 0.15) is 0 Å². The first-order valence-corrected chi connectivity index (χ1v) is 6.89. The molecule has 0 saturated heterocycles. The molecule has 0 saturated carbocycles. The minimum absolute atomic E-state index is 0. The van der Waals surface area contributed by atoms with Gasteiger partial charge in [0, 0.05) is 18.1 Å². The molecule has 2 aromatic rings. The molecule has 21 heavy (non-hydrogen) atoms. The molecule has 1 aromatic heterocycles. The van der Waals surface area contributed by atoms with Crippen molar-refractivity contribution in [2.45, 2.75) is 25.8 Å². The highest BCUT2D eigenvalue weighted by Gasteiger charge is 2.10. The van der Waals surface area contributed by atoms with E-state index in [9.17, 15) is 0 Å². The summed E-state index contributed by atoms with van der Waals surface area (Å²) in [5, 5.41) is 3.15. The Morgan fingerprint density at radius 1 is 1.24 bits per heavy atom. The highest BCUT2D eigenvalue weighted by atomic mass is 127. The molecule has 3 rings (SSSR count). The first-order valence-electron chi connectivity index (χ1n) is 6.89. The van der Waals surface area contributed by atoms with Gasteiger partial charge in [-0.15, -0.1) is 24.0 Å². The number of nitrogens with zero attached hydrogens (tertiary/aromatic N) is 2. The van der Waals surface area contributed by atoms with E-state index in [1.807, 2.05) is 12.1 Å². The molecule has 0 spiro atoms. The summed E-state index contributed by atoms with van der Waals surface area (Å²) >= 11 is 0. The number of aryl methyl sites for hydroxylation is 2. The Hall–Kier alpha value is -1.63. The topological polar surface area (TPSA) is 63.3 Å². The number of aromatic nitrogens is 1. The Kier molecular flexibility index (Phi) is 5.55. The van der Waals surface area contributed by atoms with Crippen LogP contribution in [0.4, 0.5) is 5.69 Å². The molecular weight excluding hydrogens is 375 g/mol. The van der Waals surface area contributed by atoms with Crippen LogP contribution in [0.5, 0.6) is 0 Å². The Morgan fingerprint density at radius 2 is 2.10 bits per heavy atom. The zero-order valence-electron chi connectivity index (χ0n) is 11.7. The number of hydrogen-bond acceptors (Lipinski definition) is 2. The minimum atomic E-state index is 0. The summed E-state index contributed by atoms with van der Waals surface area (Å²) in [5.74, 6) is 0.437. The van der Waals surface area contributed by atoms with Crippen molar-refractivity contribution in [1.82, 2.24) is 4.98 Å². The predicted octanol–water partition coefficient (Wildman–Crippen LogP) is 3.12. The second-order valence-corrected chi connectivity index (χ2v) is 5.02. The molecule has 1 aliphatic carbocycles. The summed E-state index contributed by atoms with van der Waals surface area (Å²) in [5.41, 5.74) is 10.9. The number of benzene rings is 1. The zero-order valence-corrected chi connectivity index (χ0v) is 14.1. The predicted molar refractivity (Wildman–Crippen MR) is 97.1 cm³/mol. The molecule has 1 aliphatic rings. The van der Waals surface area contributed by atoms with Gasteiger partial charge in [0.25, 0.3) is 0 Å². The van der Waals surface area contributed by atoms with Crippen LogP contribution in [0.15, 0.2) is 47.7 Å². The number of anilines is 1. The van der Waals surface area contributed by atoms with Crippen LogP contribution < -0.4 is 11.1 Å². The third-order valence-electron chi connectivity index (χ3n) is 3.53. The molecule has 0 amide bonds. The maximum absolute atomic E-state index is 5.92. The lowest BCUT2D eigenvalue weighted by Gasteiger charge is -2.08. The maximum atomic E-state index is 5.92. The number of guanidine groups is 1. The van der Waals surface area contributed by atoms with Crippen LogP contribution >= 0.6 is 24.0 Å². The summed E-state index contributed by atoms with van der Waals surface area (Å²) in [4.78, 5) is 8.38. The largest absolute Gasteiger partial charge is 0.370 e. The number of aliphatic imine (C=N–C) groups is 1. The lowest BCUT2D eigenvalue weighted by molar-refractivity contribution is 0.912. The van der Waals surface area contributed by atoms with E-state index in [4.69, 9.17) is 5.73 Å². The summed E-state index contributed by atoms with van der Waals surface area (Å²) < 4.78 is 0. The van der Waals surface area contributed by atoms with E-state index >= 15 is 0 Å². The van der Waals surface area contributed by atoms with Crippen molar-refractivity contribution >= 4 is 35.6 Å². The lowest BCUT2D eigenvalue weighted by atomic mass is 10.1. The number of pyridine rings is 1. The quantitative estimate of drug-likeness (QED) is 0.478. The summed E-state index contributed by atoms with van der Waals surface area (Å²) in [7, 11) is 0. The van der Waals surface area contributed by atoms with Crippen molar-refractivity contribution in [3.63, 3.8) is 0 Å². The SMILES string of the molecule is I.NC(=NCc1cccnc1)Nc1ccc2c(c1)CCC2. The van der Waals surface area contributed by atoms with Crippen LogP contribution in [-0.2, 0) is 19.4 Å². The number of fused-ring (bicyclic) bond motifs is 1. The molecule has 1 heterocycles. The monoisotopic (exact) mass is 394 g/mol. The fourth-order valence-corrected chi connectivity index (χ4v) is 2.51. The van der Waals surface area contributed by atoms with Gasteiger partial charge >= 0.3 is 0 Å². The van der Waals surface area contributed by atoms with Gasteiger partial charge in [0.05, 0.1) is 6.54 Å². The summed E-state index contributed by atoms with van der Waals surface area (Å²) in [6.45, 7) is 0.539. The molecule has 0 unspecified atom stereocenters. The average molecular weight is 394 g/mol. The second kappa shape index (κ2) is 7.40. The van der Waals surface area contributed by atoms with Crippen LogP contribution in [0.25, 0.3) is 0 Å². The van der Waals surface area contributed by atoms with E-state index < -0.39 is 0 Å². The van der Waals surface area contributed by atoms with E-state index in [0.717, 1.165) is 17.7 Å². The second-order valence-electron chi connectivity index (χ2n) is 5.02. The van der Waals surface area contributed by atoms with E-state index in [-0.39, 0.29) is 24.0 Å². The van der Waals surface area contributed by atoms with Gasteiger partial charge in [0.15, 0.2) is 5.96 Å². The van der Waals surface area contributed by atoms with Crippen molar-refractivity contribution in [2.75, 3.05) is 5.32 Å². The molecule has 3 N–H and O–H groups in total. The van der Waals surface area contributed by atoms with Gasteiger partial charge in [-0.2, -0.15) is 0 Å². The van der Waals surface area contributed by atoms with Gasteiger partial charge in [-0.05, 0) is 54.2 Å². The third-order valence-corrected chi connectivity index (χ3v) is 3.53. The van der Waals surface area contributed by atoms with Crippen molar-refractivity contribution in [3.8, 4) is 0 Å². The van der Waals surface area contributed by atoms with Gasteiger partial charge in [-0.25, -0.2) is 4.99 Å². The fourth-order valence-electron chi connectivity index (χ4n) is 2.51. The molecule has 5 heteroatoms. The van der Waals surface area contributed by atoms with Crippen molar-refractivity contribution in [2.24, 2.45) is 10.7 Å². The normalized spacial score (nSPS) is 13.4. The van der Waals surface area contributed by atoms with Gasteiger partial charge in [-0.3, -0.25) is 4.98 Å². The maximum Gasteiger partial charge on any atom is 0.193 e. The van der Waals surface area contributed by atoms with Crippen molar-refractivity contribution < 1.29 is 0 Å². The summed E-state index contributed by atoms with van der Waals surface area (Å²) in [6, 6.07) is 10.3. The molecule has 0 bridgehead atoms. The molecular formula is C16H19IN4. The van der Waals surface area contributed by atoms with Gasteiger partial charge in [-0.1, -0.05) is 12.1 Å². The van der Waals surface area contributed by atoms with E-state index in [0.29, 0.717) is 12.5 Å². The van der Waals surface area contributed by atoms with Crippen LogP contribution in [0.1, 0.15) is 23.1 Å². The molecule has 0 atom stereocenters. The zero-order chi connectivity index (χ0) is 13.8. The van der Waals surface area contributed by atoms with Gasteiger partial charge in [0.2, 0.25) is 0 Å².